The minimum Gasteiger partial charge on any atom is -0.274 e. The van der Waals surface area contributed by atoms with Crippen LogP contribution in [0.5, 0.6) is 0 Å². The molecule has 0 aliphatic rings. The molecule has 1 aromatic heterocycles. The van der Waals surface area contributed by atoms with E-state index in [2.05, 4.69) is 40.5 Å². The number of hydrogen-bond acceptors (Lipinski definition) is 5. The van der Waals surface area contributed by atoms with Crippen molar-refractivity contribution in [1.29, 1.82) is 0 Å². The predicted octanol–water partition coefficient (Wildman–Crippen LogP) is 6.38. The Morgan fingerprint density at radius 1 is 1.00 bits per heavy atom. The number of alkyl halides is 3. The molecule has 10 heteroatoms. The fourth-order valence-corrected chi connectivity index (χ4v) is 3.65. The van der Waals surface area contributed by atoms with Gasteiger partial charge in [-0.3, -0.25) is 5.43 Å². The molecule has 0 unspecified atom stereocenters. The zero-order valence-electron chi connectivity index (χ0n) is 19.5. The van der Waals surface area contributed by atoms with Crippen LogP contribution in [-0.4, -0.2) is 26.5 Å². The van der Waals surface area contributed by atoms with E-state index >= 15 is 0 Å². The minimum absolute atomic E-state index is 0.306. The summed E-state index contributed by atoms with van der Waals surface area (Å²) in [5.74, 6) is 0.758. The lowest BCUT2D eigenvalue weighted by Gasteiger charge is -2.22. The van der Waals surface area contributed by atoms with Crippen LogP contribution in [0, 0.1) is 0 Å². The summed E-state index contributed by atoms with van der Waals surface area (Å²) >= 11 is 4.98. The van der Waals surface area contributed by atoms with Gasteiger partial charge in [-0.05, 0) is 47.4 Å². The maximum absolute atomic E-state index is 12.8. The average molecular weight is 509 g/mol. The van der Waals surface area contributed by atoms with E-state index in [1.807, 2.05) is 42.5 Å². The van der Waals surface area contributed by atoms with Crippen molar-refractivity contribution in [2.75, 3.05) is 5.12 Å². The molecular formula is C26H23F3N6S. The Morgan fingerprint density at radius 3 is 2.33 bits per heavy atom. The van der Waals surface area contributed by atoms with Crippen LogP contribution in [0.4, 0.5) is 18.9 Å². The molecule has 6 nitrogen and oxygen atoms in total. The van der Waals surface area contributed by atoms with Crippen molar-refractivity contribution in [3.05, 3.63) is 95.8 Å². The molecule has 1 N–H and O–H groups in total. The number of benzene rings is 3. The van der Waals surface area contributed by atoms with Crippen LogP contribution in [0.1, 0.15) is 36.5 Å². The number of hydrogen-bond donors (Lipinski definition) is 1. The maximum atomic E-state index is 12.8. The normalized spacial score (nSPS) is 11.7. The van der Waals surface area contributed by atoms with Gasteiger partial charge in [-0.1, -0.05) is 68.5 Å². The lowest BCUT2D eigenvalue weighted by molar-refractivity contribution is -0.137. The first kappa shape index (κ1) is 25.1. The topological polar surface area (TPSA) is 58.3 Å². The molecular weight excluding hydrogens is 485 g/mol. The van der Waals surface area contributed by atoms with Crippen LogP contribution < -0.4 is 10.5 Å². The number of nitrogens with one attached hydrogen (secondary N) is 1. The molecule has 0 saturated heterocycles. The molecule has 0 spiro atoms. The molecule has 0 bridgehead atoms. The van der Waals surface area contributed by atoms with Gasteiger partial charge in [0.2, 0.25) is 0 Å². The highest BCUT2D eigenvalue weighted by Gasteiger charge is 2.30. The van der Waals surface area contributed by atoms with Crippen LogP contribution in [0.2, 0.25) is 0 Å². The Morgan fingerprint density at radius 2 is 1.69 bits per heavy atom. The first-order valence-corrected chi connectivity index (χ1v) is 11.6. The first-order valence-electron chi connectivity index (χ1n) is 11.1. The molecule has 36 heavy (non-hydrogen) atoms. The molecule has 1 heterocycles. The third kappa shape index (κ3) is 5.77. The second-order valence-corrected chi connectivity index (χ2v) is 8.43. The Labute approximate surface area is 212 Å². The number of para-hydroxylation sites is 1. The van der Waals surface area contributed by atoms with Crippen LogP contribution in [-0.2, 0) is 6.18 Å². The predicted molar refractivity (Wildman–Crippen MR) is 139 cm³/mol. The Hall–Kier alpha value is -4.05. The highest BCUT2D eigenvalue weighted by atomic mass is 32.1. The molecule has 0 aliphatic carbocycles. The van der Waals surface area contributed by atoms with Gasteiger partial charge in [-0.25, -0.2) is 9.67 Å². The van der Waals surface area contributed by atoms with Crippen LogP contribution in [0.25, 0.3) is 17.1 Å². The number of aromatic nitrogens is 3. The van der Waals surface area contributed by atoms with Crippen LogP contribution >= 0.6 is 12.2 Å². The van der Waals surface area contributed by atoms with E-state index in [0.29, 0.717) is 17.4 Å². The third-order valence-corrected chi connectivity index (χ3v) is 5.51. The van der Waals surface area contributed by atoms with Crippen molar-refractivity contribution < 1.29 is 13.2 Å². The summed E-state index contributed by atoms with van der Waals surface area (Å²) in [4.78, 5) is 4.29. The van der Waals surface area contributed by atoms with E-state index in [1.165, 1.54) is 28.6 Å². The zero-order valence-corrected chi connectivity index (χ0v) is 20.3. The Balaban J connectivity index is 1.50. The summed E-state index contributed by atoms with van der Waals surface area (Å²) in [5.41, 5.74) is 7.78. The second kappa shape index (κ2) is 10.7. The van der Waals surface area contributed by atoms with Crippen LogP contribution in [0.3, 0.4) is 0 Å². The van der Waals surface area contributed by atoms with Crippen molar-refractivity contribution in [3.63, 3.8) is 0 Å². The van der Waals surface area contributed by atoms with Gasteiger partial charge in [0.1, 0.15) is 6.33 Å². The number of nitrogens with zero attached hydrogens (tertiary/aromatic N) is 5. The number of anilines is 1. The number of halogens is 3. The first-order chi connectivity index (χ1) is 17.3. The molecule has 3 aromatic carbocycles. The smallest absolute Gasteiger partial charge is 0.274 e. The van der Waals surface area contributed by atoms with Crippen molar-refractivity contribution in [2.24, 2.45) is 5.10 Å². The zero-order chi connectivity index (χ0) is 25.7. The number of thiocarbonyl (C=S) groups is 1. The van der Waals surface area contributed by atoms with Crippen molar-refractivity contribution in [3.8, 4) is 17.1 Å². The summed E-state index contributed by atoms with van der Waals surface area (Å²) < 4.78 is 39.8. The lowest BCUT2D eigenvalue weighted by atomic mass is 10.0. The standard InChI is InChI=1S/C26H23F3N6S/c1-18(2)23-5-3-4-6-24(23)35(32-17-36)31-15-19-7-9-20(10-8-19)25-30-16-34(33-25)22-13-11-21(12-14-22)26(27,28)29/h3-18H,1-2H3,(H,32,36)/b31-15+. The molecule has 4 rings (SSSR count). The largest absolute Gasteiger partial charge is 0.416 e. The van der Waals surface area contributed by atoms with E-state index in [-0.39, 0.29) is 0 Å². The number of hydrazone groups is 1. The SMILES string of the molecule is CC(C)c1ccccc1N(/N=C/c1ccc(-c2ncn(-c3ccc(C(F)(F)F)cc3)n2)cc1)NC=S. The number of rotatable bonds is 8. The third-order valence-electron chi connectivity index (χ3n) is 5.40. The van der Waals surface area contributed by atoms with Gasteiger partial charge >= 0.3 is 6.18 Å². The van der Waals surface area contributed by atoms with E-state index in [1.54, 1.807) is 11.3 Å². The second-order valence-electron chi connectivity index (χ2n) is 8.20. The molecule has 0 aliphatic heterocycles. The lowest BCUT2D eigenvalue weighted by Crippen LogP contribution is -2.32. The Kier molecular flexibility index (Phi) is 7.44. The van der Waals surface area contributed by atoms with E-state index in [9.17, 15) is 13.2 Å². The van der Waals surface area contributed by atoms with E-state index in [4.69, 9.17) is 12.2 Å². The molecule has 0 atom stereocenters. The highest BCUT2D eigenvalue weighted by Crippen LogP contribution is 2.30. The maximum Gasteiger partial charge on any atom is 0.416 e. The molecule has 4 aromatic rings. The van der Waals surface area contributed by atoms with Gasteiger partial charge in [0.05, 0.1) is 28.6 Å². The monoisotopic (exact) mass is 508 g/mol. The fraction of sp³-hybridized carbons (Fsp3) is 0.154. The molecule has 0 fully saturated rings. The summed E-state index contributed by atoms with van der Waals surface area (Å²) in [6.45, 7) is 4.23. The van der Waals surface area contributed by atoms with Crippen molar-refractivity contribution in [2.45, 2.75) is 25.9 Å². The quantitative estimate of drug-likeness (QED) is 0.170. The molecule has 0 amide bonds. The summed E-state index contributed by atoms with van der Waals surface area (Å²) in [5, 5.41) is 10.6. The van der Waals surface area contributed by atoms with Crippen molar-refractivity contribution >= 4 is 29.6 Å². The van der Waals surface area contributed by atoms with Gasteiger partial charge in [0.25, 0.3) is 0 Å². The van der Waals surface area contributed by atoms with Crippen molar-refractivity contribution in [1.82, 2.24) is 20.2 Å². The highest BCUT2D eigenvalue weighted by molar-refractivity contribution is 7.78. The van der Waals surface area contributed by atoms with Gasteiger partial charge < -0.3 is 0 Å². The number of hydrazine groups is 1. The molecule has 0 radical (unpaired) electrons. The van der Waals surface area contributed by atoms with Gasteiger partial charge in [-0.15, -0.1) is 5.10 Å². The molecule has 0 saturated carbocycles. The minimum atomic E-state index is -4.38. The van der Waals surface area contributed by atoms with E-state index in [0.717, 1.165) is 34.5 Å². The van der Waals surface area contributed by atoms with Gasteiger partial charge in [-0.2, -0.15) is 23.4 Å². The summed E-state index contributed by atoms with van der Waals surface area (Å²) in [6.07, 6.45) is -1.21. The fourth-order valence-electron chi connectivity index (χ4n) is 3.55. The Bertz CT molecular complexity index is 1350. The summed E-state index contributed by atoms with van der Waals surface area (Å²) in [6, 6.07) is 20.2. The van der Waals surface area contributed by atoms with Crippen LogP contribution in [0.15, 0.2) is 84.2 Å². The van der Waals surface area contributed by atoms with E-state index < -0.39 is 11.7 Å². The average Bonchev–Trinajstić information content (AvgIpc) is 3.37. The van der Waals surface area contributed by atoms with Gasteiger partial charge in [0, 0.05) is 5.56 Å². The summed E-state index contributed by atoms with van der Waals surface area (Å²) in [7, 11) is 0. The molecule has 184 valence electrons. The van der Waals surface area contributed by atoms with Gasteiger partial charge in [0.15, 0.2) is 5.82 Å².